The van der Waals surface area contributed by atoms with Crippen molar-refractivity contribution in [1.82, 2.24) is 0 Å². The number of carbonyl (C=O) groups excluding carboxylic acids is 2. The van der Waals surface area contributed by atoms with Crippen LogP contribution in [0.1, 0.15) is 62.7 Å². The van der Waals surface area contributed by atoms with E-state index in [4.69, 9.17) is 4.74 Å². The molecule has 0 saturated carbocycles. The van der Waals surface area contributed by atoms with Crippen LogP contribution in [-0.4, -0.2) is 23.7 Å². The monoisotopic (exact) mass is 395 g/mol. The Hall–Kier alpha value is -3.40. The van der Waals surface area contributed by atoms with E-state index in [-0.39, 0.29) is 28.9 Å². The Labute approximate surface area is 174 Å². The molecule has 4 nitrogen and oxygen atoms in total. The molecule has 2 atom stereocenters. The lowest BCUT2D eigenvalue weighted by Gasteiger charge is -2.49. The zero-order valence-corrected chi connectivity index (χ0v) is 16.9. The first kappa shape index (κ1) is 17.5. The van der Waals surface area contributed by atoms with Gasteiger partial charge in [0.05, 0.1) is 17.9 Å². The van der Waals surface area contributed by atoms with Crippen LogP contribution in [0.3, 0.4) is 0 Å². The second-order valence-corrected chi connectivity index (χ2v) is 8.94. The lowest BCUT2D eigenvalue weighted by molar-refractivity contribution is 0.0978. The van der Waals surface area contributed by atoms with Gasteiger partial charge in [-0.3, -0.25) is 9.59 Å². The number of rotatable bonds is 0. The van der Waals surface area contributed by atoms with Gasteiger partial charge in [-0.1, -0.05) is 48.5 Å². The molecule has 2 aliphatic heterocycles. The number of fused-ring (bicyclic) bond motifs is 8. The van der Waals surface area contributed by atoms with Gasteiger partial charge in [0.1, 0.15) is 5.75 Å². The standard InChI is InChI=1S/C26H21NO3/c1-26(2)19-13-30-20-10-6-5-9-16(20)21(19)17-11-12-18-22(23(17)27-26)25(29)15-8-4-3-7-14(15)24(18)28/h3-12,19,21,27H,13H2,1-2H3. The van der Waals surface area contributed by atoms with Crippen molar-refractivity contribution in [3.05, 3.63) is 94.0 Å². The molecule has 1 N–H and O–H groups in total. The highest BCUT2D eigenvalue weighted by molar-refractivity contribution is 6.30. The summed E-state index contributed by atoms with van der Waals surface area (Å²) in [7, 11) is 0. The molecule has 4 heteroatoms. The van der Waals surface area contributed by atoms with Crippen molar-refractivity contribution in [1.29, 1.82) is 0 Å². The highest BCUT2D eigenvalue weighted by Gasteiger charge is 2.48. The molecule has 2 unspecified atom stereocenters. The predicted molar refractivity (Wildman–Crippen MR) is 115 cm³/mol. The van der Waals surface area contributed by atoms with Crippen LogP contribution in [0.15, 0.2) is 60.7 Å². The number of carbonyl (C=O) groups is 2. The first-order valence-corrected chi connectivity index (χ1v) is 10.3. The van der Waals surface area contributed by atoms with E-state index in [9.17, 15) is 9.59 Å². The minimum absolute atomic E-state index is 0.0841. The minimum atomic E-state index is -0.305. The molecular weight excluding hydrogens is 374 g/mol. The summed E-state index contributed by atoms with van der Waals surface area (Å²) >= 11 is 0. The summed E-state index contributed by atoms with van der Waals surface area (Å²) in [6.07, 6.45) is 0. The molecule has 0 amide bonds. The summed E-state index contributed by atoms with van der Waals surface area (Å²) in [5.41, 5.74) is 4.65. The van der Waals surface area contributed by atoms with Crippen LogP contribution in [0.4, 0.5) is 5.69 Å². The Morgan fingerprint density at radius 3 is 2.33 bits per heavy atom. The van der Waals surface area contributed by atoms with Crippen molar-refractivity contribution in [2.75, 3.05) is 11.9 Å². The second-order valence-electron chi connectivity index (χ2n) is 8.94. The van der Waals surface area contributed by atoms with Gasteiger partial charge in [0.15, 0.2) is 11.6 Å². The van der Waals surface area contributed by atoms with E-state index in [0.29, 0.717) is 28.9 Å². The number of nitrogens with one attached hydrogen (secondary N) is 1. The van der Waals surface area contributed by atoms with E-state index in [1.54, 1.807) is 18.2 Å². The van der Waals surface area contributed by atoms with Crippen LogP contribution in [0, 0.1) is 5.92 Å². The summed E-state index contributed by atoms with van der Waals surface area (Å²) in [5, 5.41) is 3.62. The van der Waals surface area contributed by atoms with E-state index in [1.807, 2.05) is 36.4 Å². The SMILES string of the molecule is CC1(C)Nc2c(ccc3c2C(=O)c2ccccc2C3=O)C2c3ccccc3OCC21. The fourth-order valence-corrected chi connectivity index (χ4v) is 5.38. The average Bonchev–Trinajstić information content (AvgIpc) is 2.76. The molecule has 0 spiro atoms. The molecule has 148 valence electrons. The maximum absolute atomic E-state index is 13.5. The zero-order chi connectivity index (χ0) is 20.6. The first-order valence-electron chi connectivity index (χ1n) is 10.3. The normalized spacial score (nSPS) is 22.5. The van der Waals surface area contributed by atoms with Crippen molar-refractivity contribution < 1.29 is 14.3 Å². The predicted octanol–water partition coefficient (Wildman–Crippen LogP) is 4.81. The molecule has 0 saturated heterocycles. The molecule has 2 heterocycles. The van der Waals surface area contributed by atoms with Crippen molar-refractivity contribution in [2.24, 2.45) is 5.92 Å². The third-order valence-corrected chi connectivity index (χ3v) is 6.91. The molecule has 3 aromatic carbocycles. The summed E-state index contributed by atoms with van der Waals surface area (Å²) in [4.78, 5) is 26.7. The average molecular weight is 395 g/mol. The Kier molecular flexibility index (Phi) is 3.39. The third-order valence-electron chi connectivity index (χ3n) is 6.91. The number of ketones is 2. The molecule has 30 heavy (non-hydrogen) atoms. The maximum Gasteiger partial charge on any atom is 0.196 e. The van der Waals surface area contributed by atoms with Gasteiger partial charge in [-0.25, -0.2) is 0 Å². The van der Waals surface area contributed by atoms with Crippen LogP contribution in [0.25, 0.3) is 0 Å². The number of ether oxygens (including phenoxy) is 1. The van der Waals surface area contributed by atoms with Crippen LogP contribution < -0.4 is 10.1 Å². The van der Waals surface area contributed by atoms with Crippen LogP contribution >= 0.6 is 0 Å². The number of benzene rings is 3. The fourth-order valence-electron chi connectivity index (χ4n) is 5.38. The highest BCUT2D eigenvalue weighted by atomic mass is 16.5. The smallest absolute Gasteiger partial charge is 0.196 e. The molecule has 0 fully saturated rings. The largest absolute Gasteiger partial charge is 0.493 e. The van der Waals surface area contributed by atoms with Gasteiger partial charge in [-0.15, -0.1) is 0 Å². The summed E-state index contributed by atoms with van der Waals surface area (Å²) < 4.78 is 6.08. The van der Waals surface area contributed by atoms with E-state index in [0.717, 1.165) is 22.6 Å². The van der Waals surface area contributed by atoms with Gasteiger partial charge in [-0.05, 0) is 31.5 Å². The van der Waals surface area contributed by atoms with Crippen LogP contribution in [0.2, 0.25) is 0 Å². The zero-order valence-electron chi connectivity index (χ0n) is 16.9. The van der Waals surface area contributed by atoms with Gasteiger partial charge in [0, 0.05) is 39.6 Å². The summed E-state index contributed by atoms with van der Waals surface area (Å²) in [5.74, 6) is 1.04. The van der Waals surface area contributed by atoms with Crippen LogP contribution in [0.5, 0.6) is 5.75 Å². The topological polar surface area (TPSA) is 55.4 Å². The van der Waals surface area contributed by atoms with Crippen molar-refractivity contribution in [2.45, 2.75) is 25.3 Å². The third kappa shape index (κ3) is 2.16. The number of anilines is 1. The van der Waals surface area contributed by atoms with Crippen LogP contribution in [-0.2, 0) is 0 Å². The van der Waals surface area contributed by atoms with Crippen molar-refractivity contribution >= 4 is 17.3 Å². The molecule has 1 aliphatic carbocycles. The van der Waals surface area contributed by atoms with E-state index in [2.05, 4.69) is 25.2 Å². The Bertz CT molecular complexity index is 1260. The van der Waals surface area contributed by atoms with Crippen molar-refractivity contribution in [3.63, 3.8) is 0 Å². The lowest BCUT2D eigenvalue weighted by Crippen LogP contribution is -2.51. The molecule has 6 rings (SSSR count). The number of hydrogen-bond donors (Lipinski definition) is 1. The van der Waals surface area contributed by atoms with Gasteiger partial charge < -0.3 is 10.1 Å². The summed E-state index contributed by atoms with van der Waals surface area (Å²) in [6.45, 7) is 4.90. The quantitative estimate of drug-likeness (QED) is 0.464. The van der Waals surface area contributed by atoms with Gasteiger partial charge >= 0.3 is 0 Å². The molecule has 0 radical (unpaired) electrons. The van der Waals surface area contributed by atoms with Gasteiger partial charge in [0.25, 0.3) is 0 Å². The first-order chi connectivity index (χ1) is 14.5. The highest BCUT2D eigenvalue weighted by Crippen LogP contribution is 2.53. The molecular formula is C26H21NO3. The second kappa shape index (κ2) is 5.82. The molecule has 0 bridgehead atoms. The maximum atomic E-state index is 13.5. The van der Waals surface area contributed by atoms with Gasteiger partial charge in [0.2, 0.25) is 0 Å². The van der Waals surface area contributed by atoms with E-state index < -0.39 is 0 Å². The van der Waals surface area contributed by atoms with E-state index in [1.165, 1.54) is 0 Å². The number of hydrogen-bond acceptors (Lipinski definition) is 4. The minimum Gasteiger partial charge on any atom is -0.493 e. The Balaban J connectivity index is 1.63. The molecule has 0 aromatic heterocycles. The Morgan fingerprint density at radius 1 is 0.833 bits per heavy atom. The van der Waals surface area contributed by atoms with Gasteiger partial charge in [-0.2, -0.15) is 0 Å². The fraction of sp³-hybridized carbons (Fsp3) is 0.231. The Morgan fingerprint density at radius 2 is 1.53 bits per heavy atom. The van der Waals surface area contributed by atoms with E-state index >= 15 is 0 Å². The summed E-state index contributed by atoms with van der Waals surface area (Å²) in [6, 6.07) is 19.1. The lowest BCUT2D eigenvalue weighted by atomic mass is 9.66. The number of para-hydroxylation sites is 1. The molecule has 3 aromatic rings. The molecule has 3 aliphatic rings. The van der Waals surface area contributed by atoms with Crippen molar-refractivity contribution in [3.8, 4) is 5.75 Å².